The molecule has 19 heavy (non-hydrogen) atoms. The van der Waals surface area contributed by atoms with Crippen LogP contribution in [0, 0.1) is 5.41 Å². The number of sulfonamides is 1. The molecule has 0 aromatic carbocycles. The molecule has 112 valence electrons. The second kappa shape index (κ2) is 5.87. The lowest BCUT2D eigenvalue weighted by Crippen LogP contribution is -2.57. The highest BCUT2D eigenvalue weighted by molar-refractivity contribution is 7.89. The van der Waals surface area contributed by atoms with Crippen LogP contribution in [0.3, 0.4) is 0 Å². The van der Waals surface area contributed by atoms with Crippen molar-refractivity contribution in [3.8, 4) is 0 Å². The van der Waals surface area contributed by atoms with E-state index in [1.54, 1.807) is 0 Å². The summed E-state index contributed by atoms with van der Waals surface area (Å²) in [5.41, 5.74) is -2.50. The van der Waals surface area contributed by atoms with Crippen molar-refractivity contribution < 1.29 is 27.9 Å². The maximum Gasteiger partial charge on any atom is 0.310 e. The maximum atomic E-state index is 11.8. The lowest BCUT2D eigenvalue weighted by atomic mass is 9.75. The number of carbonyl (C=O) groups excluding carboxylic acids is 1. The molecule has 0 unspecified atom stereocenters. The van der Waals surface area contributed by atoms with Gasteiger partial charge in [0.15, 0.2) is 0 Å². The number of ether oxygens (including phenoxy) is 1. The fraction of sp³-hybridized carbons (Fsp3) is 0.818. The minimum absolute atomic E-state index is 0.282. The Balaban J connectivity index is 4.92. The molecule has 8 heteroatoms. The Labute approximate surface area is 113 Å². The maximum absolute atomic E-state index is 11.8. The number of nitrogens with one attached hydrogen (secondary N) is 1. The first-order valence-electron chi connectivity index (χ1n) is 5.67. The lowest BCUT2D eigenvalue weighted by molar-refractivity contribution is -0.150. The van der Waals surface area contributed by atoms with Crippen molar-refractivity contribution in [2.75, 3.05) is 12.9 Å². The van der Waals surface area contributed by atoms with E-state index in [2.05, 4.69) is 9.46 Å². The van der Waals surface area contributed by atoms with Gasteiger partial charge in [0.25, 0.3) is 0 Å². The Morgan fingerprint density at radius 2 is 1.68 bits per heavy atom. The molecule has 2 N–H and O–H groups in total. The van der Waals surface area contributed by atoms with Crippen molar-refractivity contribution >= 4 is 22.0 Å². The Morgan fingerprint density at radius 3 is 2.05 bits per heavy atom. The van der Waals surface area contributed by atoms with Gasteiger partial charge in [-0.25, -0.2) is 13.1 Å². The molecule has 0 atom stereocenters. The van der Waals surface area contributed by atoms with Crippen molar-refractivity contribution in [2.24, 2.45) is 5.41 Å². The summed E-state index contributed by atoms with van der Waals surface area (Å²) >= 11 is 0. The van der Waals surface area contributed by atoms with E-state index in [-0.39, 0.29) is 6.42 Å². The molecule has 0 spiro atoms. The summed E-state index contributed by atoms with van der Waals surface area (Å²) in [5.74, 6) is -2.20. The number of hydrogen-bond acceptors (Lipinski definition) is 5. The Morgan fingerprint density at radius 1 is 1.21 bits per heavy atom. The van der Waals surface area contributed by atoms with Crippen LogP contribution in [0.4, 0.5) is 0 Å². The highest BCUT2D eigenvalue weighted by atomic mass is 32.2. The molecule has 0 aliphatic heterocycles. The zero-order chi connectivity index (χ0) is 15.5. The molecule has 0 amide bonds. The van der Waals surface area contributed by atoms with Crippen LogP contribution in [0.15, 0.2) is 0 Å². The predicted molar refractivity (Wildman–Crippen MR) is 69.1 cm³/mol. The molecule has 7 nitrogen and oxygen atoms in total. The average Bonchev–Trinajstić information content (AvgIpc) is 2.24. The monoisotopic (exact) mass is 295 g/mol. The summed E-state index contributed by atoms with van der Waals surface area (Å²) in [6.07, 6.45) is -0.282. The normalized spacial score (nSPS) is 13.1. The van der Waals surface area contributed by atoms with Crippen LogP contribution >= 0.6 is 0 Å². The zero-order valence-corrected chi connectivity index (χ0v) is 12.6. The third kappa shape index (κ3) is 4.79. The minimum atomic E-state index is -3.78. The van der Waals surface area contributed by atoms with Gasteiger partial charge in [0.1, 0.15) is 0 Å². The van der Waals surface area contributed by atoms with Crippen molar-refractivity contribution in [3.63, 3.8) is 0 Å². The molecule has 0 bridgehead atoms. The molecule has 0 fully saturated rings. The van der Waals surface area contributed by atoms with Gasteiger partial charge < -0.3 is 9.84 Å². The molecule has 0 saturated carbocycles. The highest BCUT2D eigenvalue weighted by Gasteiger charge is 2.45. The Hall–Kier alpha value is -1.15. The molecule has 0 aliphatic carbocycles. The highest BCUT2D eigenvalue weighted by Crippen LogP contribution is 2.31. The molecule has 0 saturated heterocycles. The molecule has 0 heterocycles. The number of carboxylic acids is 1. The summed E-state index contributed by atoms with van der Waals surface area (Å²) in [6.45, 7) is 5.82. The van der Waals surface area contributed by atoms with E-state index in [1.165, 1.54) is 34.8 Å². The van der Waals surface area contributed by atoms with Gasteiger partial charge in [0, 0.05) is 5.54 Å². The van der Waals surface area contributed by atoms with E-state index >= 15 is 0 Å². The molecule has 0 radical (unpaired) electrons. The summed E-state index contributed by atoms with van der Waals surface area (Å²) in [6, 6.07) is 0. The van der Waals surface area contributed by atoms with Crippen LogP contribution in [-0.4, -0.2) is 43.9 Å². The van der Waals surface area contributed by atoms with Crippen LogP contribution in [0.2, 0.25) is 0 Å². The fourth-order valence-electron chi connectivity index (χ4n) is 1.15. The van der Waals surface area contributed by atoms with Crippen molar-refractivity contribution in [2.45, 2.75) is 39.7 Å². The van der Waals surface area contributed by atoms with Gasteiger partial charge in [-0.15, -0.1) is 0 Å². The van der Waals surface area contributed by atoms with Gasteiger partial charge in [-0.05, 0) is 27.7 Å². The largest absolute Gasteiger partial charge is 0.481 e. The number of methoxy groups -OCH3 is 1. The summed E-state index contributed by atoms with van der Waals surface area (Å²) in [7, 11) is -2.61. The van der Waals surface area contributed by atoms with Crippen molar-refractivity contribution in [1.29, 1.82) is 0 Å². The minimum Gasteiger partial charge on any atom is -0.481 e. The van der Waals surface area contributed by atoms with Crippen LogP contribution < -0.4 is 4.72 Å². The molecule has 0 aliphatic rings. The smallest absolute Gasteiger partial charge is 0.310 e. The fourth-order valence-corrected chi connectivity index (χ4v) is 2.72. The van der Waals surface area contributed by atoms with E-state index in [1.807, 2.05) is 0 Å². The summed E-state index contributed by atoms with van der Waals surface area (Å²) in [5, 5.41) is 9.12. The quantitative estimate of drug-likeness (QED) is 0.656. The number of carbonyl (C=O) groups is 2. The third-order valence-electron chi connectivity index (χ3n) is 3.31. The van der Waals surface area contributed by atoms with Crippen LogP contribution in [0.1, 0.15) is 34.1 Å². The Bertz CT molecular complexity index is 452. The van der Waals surface area contributed by atoms with E-state index in [0.717, 1.165) is 0 Å². The number of rotatable bonds is 7. The number of aliphatic carboxylic acids is 1. The molecular weight excluding hydrogens is 274 g/mol. The summed E-state index contributed by atoms with van der Waals surface area (Å²) < 4.78 is 30.3. The van der Waals surface area contributed by atoms with E-state index in [4.69, 9.17) is 5.11 Å². The van der Waals surface area contributed by atoms with Crippen molar-refractivity contribution in [3.05, 3.63) is 0 Å². The van der Waals surface area contributed by atoms with Crippen LogP contribution in [0.25, 0.3) is 0 Å². The van der Waals surface area contributed by atoms with Gasteiger partial charge >= 0.3 is 11.9 Å². The van der Waals surface area contributed by atoms with Gasteiger partial charge in [-0.3, -0.25) is 9.59 Å². The van der Waals surface area contributed by atoms with E-state index < -0.39 is 38.7 Å². The first-order chi connectivity index (χ1) is 8.35. The molecule has 0 aromatic rings. The zero-order valence-electron chi connectivity index (χ0n) is 11.8. The Kier molecular flexibility index (Phi) is 5.52. The number of hydrogen-bond donors (Lipinski definition) is 2. The number of esters is 1. The molecule has 0 rings (SSSR count). The lowest BCUT2D eigenvalue weighted by Gasteiger charge is -2.38. The average molecular weight is 295 g/mol. The first kappa shape index (κ1) is 17.8. The summed E-state index contributed by atoms with van der Waals surface area (Å²) in [4.78, 5) is 22.1. The molecular formula is C11H21NO6S. The van der Waals surface area contributed by atoms with Gasteiger partial charge in [-0.2, -0.15) is 0 Å². The standard InChI is InChI=1S/C11H21NO6S/c1-10(2,9(14)15)11(3,4)12-19(16,17)7-6-8(13)18-5/h12H,6-7H2,1-5H3,(H,14,15). The SMILES string of the molecule is COC(=O)CCS(=O)(=O)NC(C)(C)C(C)(C)C(=O)O. The predicted octanol–water partition coefficient (Wildman–Crippen LogP) is 0.358. The first-order valence-corrected chi connectivity index (χ1v) is 7.33. The van der Waals surface area contributed by atoms with Crippen LogP contribution in [-0.2, 0) is 24.3 Å². The van der Waals surface area contributed by atoms with Gasteiger partial charge in [-0.1, -0.05) is 0 Å². The second-order valence-corrected chi connectivity index (χ2v) is 7.14. The topological polar surface area (TPSA) is 110 Å². The molecule has 0 aromatic heterocycles. The van der Waals surface area contributed by atoms with Gasteiger partial charge in [0.2, 0.25) is 10.0 Å². The second-order valence-electron chi connectivity index (χ2n) is 5.30. The van der Waals surface area contributed by atoms with Crippen LogP contribution in [0.5, 0.6) is 0 Å². The van der Waals surface area contributed by atoms with Crippen molar-refractivity contribution in [1.82, 2.24) is 4.72 Å². The third-order valence-corrected chi connectivity index (χ3v) is 4.87. The van der Waals surface area contributed by atoms with E-state index in [0.29, 0.717) is 0 Å². The van der Waals surface area contributed by atoms with Gasteiger partial charge in [0.05, 0.1) is 24.7 Å². The van der Waals surface area contributed by atoms with E-state index in [9.17, 15) is 18.0 Å². The number of carboxylic acid groups (broad SMARTS) is 1.